The first-order chi connectivity index (χ1) is 14.1. The van der Waals surface area contributed by atoms with E-state index < -0.39 is 24.2 Å². The van der Waals surface area contributed by atoms with Crippen LogP contribution in [-0.2, 0) is 11.5 Å². The Kier molecular flexibility index (Phi) is 6.36. The number of ether oxygens (including phenoxy) is 1. The van der Waals surface area contributed by atoms with E-state index in [9.17, 15) is 25.6 Å². The smallest absolute Gasteiger partial charge is 0.313 e. The van der Waals surface area contributed by atoms with Crippen LogP contribution in [0.25, 0.3) is 22.5 Å². The Hall–Kier alpha value is -3.51. The second-order valence-corrected chi connectivity index (χ2v) is 6.23. The molecule has 0 aliphatic carbocycles. The van der Waals surface area contributed by atoms with Gasteiger partial charge in [-0.3, -0.25) is 10.1 Å². The molecule has 0 bridgehead atoms. The summed E-state index contributed by atoms with van der Waals surface area (Å²) in [5.41, 5.74) is 1.33. The van der Waals surface area contributed by atoms with Gasteiger partial charge in [0.15, 0.2) is 5.56 Å². The Balaban J connectivity index is 2.32. The van der Waals surface area contributed by atoms with Crippen LogP contribution in [0.2, 0.25) is 0 Å². The predicted molar refractivity (Wildman–Crippen MR) is 106 cm³/mol. The molecule has 0 aliphatic heterocycles. The molecular weight excluding hydrogens is 374 g/mol. The van der Waals surface area contributed by atoms with Crippen molar-refractivity contribution in [2.24, 2.45) is 0 Å². The first-order valence-electron chi connectivity index (χ1n) is 8.87. The highest BCUT2D eigenvalue weighted by Gasteiger charge is 2.33. The summed E-state index contributed by atoms with van der Waals surface area (Å²) < 4.78 is 7.12. The van der Waals surface area contributed by atoms with Crippen molar-refractivity contribution in [3.05, 3.63) is 76.3 Å². The minimum Gasteiger partial charge on any atom is -0.394 e. The van der Waals surface area contributed by atoms with Crippen molar-refractivity contribution in [3.63, 3.8) is 0 Å². The molecule has 0 radical (unpaired) electrons. The van der Waals surface area contributed by atoms with Gasteiger partial charge in [-0.15, -0.1) is 0 Å². The molecule has 1 heterocycles. The van der Waals surface area contributed by atoms with Crippen molar-refractivity contribution < 1.29 is 19.9 Å². The summed E-state index contributed by atoms with van der Waals surface area (Å²) >= 11 is 0. The molecule has 0 atom stereocenters. The van der Waals surface area contributed by atoms with Crippen LogP contribution >= 0.6 is 0 Å². The van der Waals surface area contributed by atoms with E-state index in [1.165, 1.54) is 0 Å². The second-order valence-electron chi connectivity index (χ2n) is 6.23. The third-order valence-electron chi connectivity index (χ3n) is 4.47. The average Bonchev–Trinajstić information content (AvgIpc) is 3.10. The van der Waals surface area contributed by atoms with Gasteiger partial charge >= 0.3 is 5.69 Å². The number of aliphatic hydroxyl groups excluding tert-OH is 2. The van der Waals surface area contributed by atoms with Crippen LogP contribution in [0, 0.1) is 21.4 Å². The normalized spacial score (nSPS) is 10.8. The summed E-state index contributed by atoms with van der Waals surface area (Å²) in [6.07, 6.45) is -0.853. The number of hydrogen-bond acceptors (Lipinski definition) is 6. The monoisotopic (exact) mass is 393 g/mol. The van der Waals surface area contributed by atoms with Crippen molar-refractivity contribution in [2.75, 3.05) is 13.2 Å². The maximum atomic E-state index is 11.9. The van der Waals surface area contributed by atoms with Gasteiger partial charge in [0.25, 0.3) is 0 Å². The summed E-state index contributed by atoms with van der Waals surface area (Å²) in [5, 5.41) is 40.3. The Morgan fingerprint density at radius 2 is 1.52 bits per heavy atom. The quantitative estimate of drug-likeness (QED) is 0.448. The number of aliphatic hydroxyl groups is 2. The van der Waals surface area contributed by atoms with Crippen molar-refractivity contribution in [2.45, 2.75) is 12.8 Å². The largest absolute Gasteiger partial charge is 0.394 e. The first-order valence-corrected chi connectivity index (χ1v) is 8.87. The number of rotatable bonds is 8. The van der Waals surface area contributed by atoms with E-state index in [0.29, 0.717) is 16.8 Å². The van der Waals surface area contributed by atoms with Crippen LogP contribution in [0.3, 0.4) is 0 Å². The number of nitrogens with zero attached hydrogens (tertiary/aromatic N) is 3. The van der Waals surface area contributed by atoms with Crippen molar-refractivity contribution >= 4 is 5.69 Å². The summed E-state index contributed by atoms with van der Waals surface area (Å²) in [4.78, 5) is 11.4. The minimum atomic E-state index is -0.853. The molecule has 2 N–H and O–H groups in total. The van der Waals surface area contributed by atoms with Gasteiger partial charge in [-0.05, 0) is 5.56 Å². The van der Waals surface area contributed by atoms with Gasteiger partial charge in [0.1, 0.15) is 24.6 Å². The lowest BCUT2D eigenvalue weighted by Crippen LogP contribution is -2.23. The van der Waals surface area contributed by atoms with E-state index in [0.717, 1.165) is 0 Å². The molecule has 8 nitrogen and oxygen atoms in total. The van der Waals surface area contributed by atoms with Gasteiger partial charge < -0.3 is 19.5 Å². The molecule has 0 aliphatic rings. The highest BCUT2D eigenvalue weighted by atomic mass is 16.6. The Morgan fingerprint density at radius 3 is 1.97 bits per heavy atom. The summed E-state index contributed by atoms with van der Waals surface area (Å²) in [7, 11) is 0. The average molecular weight is 393 g/mol. The van der Waals surface area contributed by atoms with E-state index in [1.54, 1.807) is 65.2 Å². The van der Waals surface area contributed by atoms with Gasteiger partial charge in [-0.25, -0.2) is 0 Å². The van der Waals surface area contributed by atoms with Crippen molar-refractivity contribution in [1.29, 1.82) is 5.26 Å². The van der Waals surface area contributed by atoms with Crippen LogP contribution in [0.4, 0.5) is 5.69 Å². The molecule has 0 unspecified atom stereocenters. The first kappa shape index (κ1) is 20.2. The topological polar surface area (TPSA) is 122 Å². The molecule has 0 amide bonds. The standard InChI is InChI=1S/C21H19N3O5/c22-11-18-19(15-7-3-1-4-8-15)23(14-29-17(12-25)13-26)20(21(18)24(27)28)16-9-5-2-6-10-16/h1-10,17,25-26H,12-14H2. The fourth-order valence-electron chi connectivity index (χ4n) is 3.15. The molecule has 0 spiro atoms. The van der Waals surface area contributed by atoms with Crippen molar-refractivity contribution in [1.82, 2.24) is 4.57 Å². The van der Waals surface area contributed by atoms with E-state index in [4.69, 9.17) is 4.74 Å². The fourth-order valence-corrected chi connectivity index (χ4v) is 3.15. The summed E-state index contributed by atoms with van der Waals surface area (Å²) in [5.74, 6) is 0. The SMILES string of the molecule is N#Cc1c([N+](=O)[O-])c(-c2ccccc2)n(COC(CO)CO)c1-c1ccccc1. The maximum Gasteiger partial charge on any atom is 0.313 e. The number of nitriles is 1. The zero-order chi connectivity index (χ0) is 20.8. The molecule has 148 valence electrons. The van der Waals surface area contributed by atoms with Gasteiger partial charge in [-0.1, -0.05) is 60.7 Å². The molecule has 2 aromatic carbocycles. The molecular formula is C21H19N3O5. The van der Waals surface area contributed by atoms with Gasteiger partial charge in [0, 0.05) is 5.56 Å². The predicted octanol–water partition coefficient (Wildman–Crippen LogP) is 2.93. The Labute approximate surface area is 167 Å². The lowest BCUT2D eigenvalue weighted by atomic mass is 10.1. The van der Waals surface area contributed by atoms with Gasteiger partial charge in [-0.2, -0.15) is 5.26 Å². The van der Waals surface area contributed by atoms with E-state index >= 15 is 0 Å². The second kappa shape index (κ2) is 9.12. The molecule has 8 heteroatoms. The van der Waals surface area contributed by atoms with E-state index in [1.807, 2.05) is 6.07 Å². The third kappa shape index (κ3) is 4.02. The number of aromatic nitrogens is 1. The molecule has 29 heavy (non-hydrogen) atoms. The fraction of sp³-hybridized carbons (Fsp3) is 0.190. The Morgan fingerprint density at radius 1 is 1.00 bits per heavy atom. The highest BCUT2D eigenvalue weighted by molar-refractivity contribution is 5.85. The minimum absolute atomic E-state index is 0.0757. The molecule has 1 aromatic heterocycles. The number of hydrogen-bond donors (Lipinski definition) is 2. The van der Waals surface area contributed by atoms with Crippen LogP contribution < -0.4 is 0 Å². The molecule has 0 saturated carbocycles. The van der Waals surface area contributed by atoms with E-state index in [2.05, 4.69) is 0 Å². The summed E-state index contributed by atoms with van der Waals surface area (Å²) in [6, 6.07) is 19.5. The number of nitro groups is 1. The van der Waals surface area contributed by atoms with Gasteiger partial charge in [0.05, 0.1) is 23.8 Å². The van der Waals surface area contributed by atoms with Crippen LogP contribution in [-0.4, -0.2) is 39.0 Å². The Bertz CT molecular complexity index is 1020. The molecule has 3 rings (SSSR count). The van der Waals surface area contributed by atoms with Crippen LogP contribution in [0.15, 0.2) is 60.7 Å². The molecule has 0 saturated heterocycles. The van der Waals surface area contributed by atoms with Crippen LogP contribution in [0.1, 0.15) is 5.56 Å². The summed E-state index contributed by atoms with van der Waals surface area (Å²) in [6.45, 7) is -1.01. The molecule has 3 aromatic rings. The molecule has 0 fully saturated rings. The van der Waals surface area contributed by atoms with Crippen LogP contribution in [0.5, 0.6) is 0 Å². The lowest BCUT2D eigenvalue weighted by molar-refractivity contribution is -0.384. The zero-order valence-electron chi connectivity index (χ0n) is 15.4. The number of benzene rings is 2. The maximum absolute atomic E-state index is 11.9. The highest BCUT2D eigenvalue weighted by Crippen LogP contribution is 2.42. The lowest BCUT2D eigenvalue weighted by Gasteiger charge is -2.17. The van der Waals surface area contributed by atoms with Crippen molar-refractivity contribution in [3.8, 4) is 28.6 Å². The van der Waals surface area contributed by atoms with E-state index in [-0.39, 0.29) is 23.7 Å². The third-order valence-corrected chi connectivity index (χ3v) is 4.47. The van der Waals surface area contributed by atoms with Gasteiger partial charge in [0.2, 0.25) is 0 Å². The zero-order valence-corrected chi connectivity index (χ0v) is 15.4.